The lowest BCUT2D eigenvalue weighted by atomic mass is 10.1. The monoisotopic (exact) mass is 228 g/mol. The lowest BCUT2D eigenvalue weighted by Crippen LogP contribution is -2.15. The summed E-state index contributed by atoms with van der Waals surface area (Å²) in [5.74, 6) is 0.425. The molecule has 0 radical (unpaired) electrons. The minimum Gasteiger partial charge on any atom is -0.396 e. The van der Waals surface area contributed by atoms with Crippen LogP contribution < -0.4 is 5.32 Å². The van der Waals surface area contributed by atoms with Gasteiger partial charge < -0.3 is 10.4 Å². The van der Waals surface area contributed by atoms with Crippen LogP contribution in [0.15, 0.2) is 5.38 Å². The van der Waals surface area contributed by atoms with Crippen LogP contribution in [0.4, 0.5) is 0 Å². The third-order valence-electron chi connectivity index (χ3n) is 2.30. The highest BCUT2D eigenvalue weighted by Gasteiger charge is 2.00. The van der Waals surface area contributed by atoms with Crippen LogP contribution in [-0.2, 0) is 6.54 Å². The first kappa shape index (κ1) is 12.6. The quantitative estimate of drug-likeness (QED) is 0.701. The molecule has 0 aliphatic heterocycles. The van der Waals surface area contributed by atoms with E-state index in [2.05, 4.69) is 22.6 Å². The van der Waals surface area contributed by atoms with E-state index in [4.69, 9.17) is 5.11 Å². The molecule has 1 aromatic rings. The summed E-state index contributed by atoms with van der Waals surface area (Å²) in [6.07, 6.45) is 2.20. The van der Waals surface area contributed by atoms with Crippen molar-refractivity contribution in [3.8, 4) is 0 Å². The maximum absolute atomic E-state index is 8.84. The molecule has 0 fully saturated rings. The van der Waals surface area contributed by atoms with Crippen molar-refractivity contribution >= 4 is 11.3 Å². The summed E-state index contributed by atoms with van der Waals surface area (Å²) < 4.78 is 0. The Morgan fingerprint density at radius 3 is 3.00 bits per heavy atom. The molecule has 3 nitrogen and oxygen atoms in total. The lowest BCUT2D eigenvalue weighted by molar-refractivity contribution is 0.228. The molecule has 0 amide bonds. The van der Waals surface area contributed by atoms with Gasteiger partial charge in [-0.1, -0.05) is 6.92 Å². The van der Waals surface area contributed by atoms with Gasteiger partial charge in [-0.25, -0.2) is 4.98 Å². The molecule has 0 spiro atoms. The summed E-state index contributed by atoms with van der Waals surface area (Å²) in [6, 6.07) is 0. The van der Waals surface area contributed by atoms with E-state index in [1.165, 1.54) is 0 Å². The molecule has 0 bridgehead atoms. The van der Waals surface area contributed by atoms with Gasteiger partial charge in [0.2, 0.25) is 0 Å². The second-order valence-electron chi connectivity index (χ2n) is 3.99. The van der Waals surface area contributed by atoms with E-state index < -0.39 is 0 Å². The summed E-state index contributed by atoms with van der Waals surface area (Å²) in [5, 5.41) is 15.4. The fraction of sp³-hybridized carbons (Fsp3) is 0.727. The average Bonchev–Trinajstić information content (AvgIpc) is 2.63. The molecule has 0 aromatic carbocycles. The highest BCUT2D eigenvalue weighted by molar-refractivity contribution is 7.09. The highest BCUT2D eigenvalue weighted by Crippen LogP contribution is 2.08. The second kappa shape index (κ2) is 6.93. The number of hydrogen-bond donors (Lipinski definition) is 2. The Morgan fingerprint density at radius 2 is 2.40 bits per heavy atom. The number of rotatable bonds is 7. The van der Waals surface area contributed by atoms with Gasteiger partial charge >= 0.3 is 0 Å². The Kier molecular flexibility index (Phi) is 5.83. The van der Waals surface area contributed by atoms with Crippen LogP contribution in [0.25, 0.3) is 0 Å². The van der Waals surface area contributed by atoms with Gasteiger partial charge in [0.1, 0.15) is 5.01 Å². The summed E-state index contributed by atoms with van der Waals surface area (Å²) >= 11 is 1.70. The maximum Gasteiger partial charge on any atom is 0.107 e. The Bertz CT molecular complexity index is 275. The molecule has 0 aliphatic rings. The van der Waals surface area contributed by atoms with Crippen LogP contribution in [0.1, 0.15) is 30.5 Å². The van der Waals surface area contributed by atoms with Crippen molar-refractivity contribution in [2.75, 3.05) is 13.2 Å². The third-order valence-corrected chi connectivity index (χ3v) is 3.27. The molecule has 2 N–H and O–H groups in total. The first-order valence-electron chi connectivity index (χ1n) is 5.45. The molecule has 4 heteroatoms. The van der Waals surface area contributed by atoms with Crippen molar-refractivity contribution in [3.63, 3.8) is 0 Å². The smallest absolute Gasteiger partial charge is 0.107 e. The average molecular weight is 228 g/mol. The molecule has 15 heavy (non-hydrogen) atoms. The molecular weight excluding hydrogens is 208 g/mol. The normalized spacial score (nSPS) is 13.0. The van der Waals surface area contributed by atoms with Crippen LogP contribution in [0.2, 0.25) is 0 Å². The molecule has 1 rings (SSSR count). The van der Waals surface area contributed by atoms with E-state index in [9.17, 15) is 0 Å². The minimum atomic E-state index is 0.297. The van der Waals surface area contributed by atoms with E-state index in [0.29, 0.717) is 12.5 Å². The SMILES string of the molecule is Cc1csc(CNCCCC(C)CO)n1. The van der Waals surface area contributed by atoms with Gasteiger partial charge in [0.05, 0.1) is 0 Å². The Labute approximate surface area is 95.6 Å². The number of aliphatic hydroxyl groups is 1. The molecule has 1 atom stereocenters. The molecule has 86 valence electrons. The van der Waals surface area contributed by atoms with Crippen molar-refractivity contribution in [3.05, 3.63) is 16.1 Å². The molecule has 0 aliphatic carbocycles. The maximum atomic E-state index is 8.84. The fourth-order valence-electron chi connectivity index (χ4n) is 1.35. The van der Waals surface area contributed by atoms with Crippen LogP contribution >= 0.6 is 11.3 Å². The Morgan fingerprint density at radius 1 is 1.60 bits per heavy atom. The predicted molar refractivity (Wildman–Crippen MR) is 64.0 cm³/mol. The van der Waals surface area contributed by atoms with E-state index in [1.807, 2.05) is 6.92 Å². The molecular formula is C11H20N2OS. The third kappa shape index (κ3) is 5.25. The topological polar surface area (TPSA) is 45.1 Å². The van der Waals surface area contributed by atoms with Crippen molar-refractivity contribution in [1.29, 1.82) is 0 Å². The number of hydrogen-bond acceptors (Lipinski definition) is 4. The van der Waals surface area contributed by atoms with Gasteiger partial charge in [-0.05, 0) is 32.2 Å². The first-order chi connectivity index (χ1) is 7.22. The predicted octanol–water partition coefficient (Wildman–Crippen LogP) is 1.95. The van der Waals surface area contributed by atoms with E-state index >= 15 is 0 Å². The van der Waals surface area contributed by atoms with Crippen molar-refractivity contribution in [1.82, 2.24) is 10.3 Å². The zero-order chi connectivity index (χ0) is 11.1. The van der Waals surface area contributed by atoms with Crippen LogP contribution in [-0.4, -0.2) is 23.2 Å². The van der Waals surface area contributed by atoms with Gasteiger partial charge in [0, 0.05) is 24.2 Å². The summed E-state index contributed by atoms with van der Waals surface area (Å²) in [5.41, 5.74) is 1.10. The standard InChI is InChI=1S/C11H20N2OS/c1-9(7-14)4-3-5-12-6-11-13-10(2)8-15-11/h8-9,12,14H,3-7H2,1-2H3. The lowest BCUT2D eigenvalue weighted by Gasteiger charge is -2.07. The van der Waals surface area contributed by atoms with Gasteiger partial charge in [0.15, 0.2) is 0 Å². The van der Waals surface area contributed by atoms with Crippen molar-refractivity contribution in [2.24, 2.45) is 5.92 Å². The Hall–Kier alpha value is -0.450. The van der Waals surface area contributed by atoms with Crippen LogP contribution in [0.3, 0.4) is 0 Å². The molecule has 0 saturated heterocycles. The van der Waals surface area contributed by atoms with Crippen molar-refractivity contribution < 1.29 is 5.11 Å². The molecule has 0 saturated carbocycles. The highest BCUT2D eigenvalue weighted by atomic mass is 32.1. The molecule has 1 heterocycles. The van der Waals surface area contributed by atoms with Gasteiger partial charge in [-0.3, -0.25) is 0 Å². The number of thiazole rings is 1. The molecule has 1 unspecified atom stereocenters. The zero-order valence-corrected chi connectivity index (χ0v) is 10.3. The number of nitrogens with zero attached hydrogens (tertiary/aromatic N) is 1. The first-order valence-corrected chi connectivity index (χ1v) is 6.33. The zero-order valence-electron chi connectivity index (χ0n) is 9.49. The Balaban J connectivity index is 2.02. The molecule has 1 aromatic heterocycles. The van der Waals surface area contributed by atoms with Gasteiger partial charge in [-0.15, -0.1) is 11.3 Å². The van der Waals surface area contributed by atoms with E-state index in [0.717, 1.165) is 36.6 Å². The second-order valence-corrected chi connectivity index (χ2v) is 4.93. The largest absolute Gasteiger partial charge is 0.396 e. The van der Waals surface area contributed by atoms with Crippen LogP contribution in [0, 0.1) is 12.8 Å². The van der Waals surface area contributed by atoms with Gasteiger partial charge in [0.25, 0.3) is 0 Å². The number of aliphatic hydroxyl groups excluding tert-OH is 1. The number of nitrogens with one attached hydrogen (secondary N) is 1. The van der Waals surface area contributed by atoms with E-state index in [-0.39, 0.29) is 0 Å². The summed E-state index contributed by atoms with van der Waals surface area (Å²) in [4.78, 5) is 4.38. The van der Waals surface area contributed by atoms with Crippen LogP contribution in [0.5, 0.6) is 0 Å². The summed E-state index contributed by atoms with van der Waals surface area (Å²) in [7, 11) is 0. The number of aromatic nitrogens is 1. The number of aryl methyl sites for hydroxylation is 1. The van der Waals surface area contributed by atoms with E-state index in [1.54, 1.807) is 11.3 Å². The van der Waals surface area contributed by atoms with Gasteiger partial charge in [-0.2, -0.15) is 0 Å². The summed E-state index contributed by atoms with van der Waals surface area (Å²) in [6.45, 7) is 6.26. The minimum absolute atomic E-state index is 0.297. The van der Waals surface area contributed by atoms with Crippen molar-refractivity contribution in [2.45, 2.75) is 33.2 Å². The fourth-order valence-corrected chi connectivity index (χ4v) is 2.09.